The number of nitrogens with two attached hydrogens (primary N) is 1. The normalized spacial score (nSPS) is 13.9. The fourth-order valence-corrected chi connectivity index (χ4v) is 5.17. The summed E-state index contributed by atoms with van der Waals surface area (Å²) in [5, 5.41) is 71.0. The molecule has 3 aliphatic heterocycles. The number of ether oxygens (including phenoxy) is 5. The number of nitro groups is 3. The second-order valence-corrected chi connectivity index (χ2v) is 13.5. The van der Waals surface area contributed by atoms with Gasteiger partial charge in [0, 0.05) is 42.4 Å². The van der Waals surface area contributed by atoms with Gasteiger partial charge in [0.25, 0.3) is 17.1 Å². The van der Waals surface area contributed by atoms with Crippen LogP contribution in [0.4, 0.5) is 17.1 Å². The molecule has 4 N–H and O–H groups in total. The third kappa shape index (κ3) is 32.0. The van der Waals surface area contributed by atoms with Crippen molar-refractivity contribution in [1.29, 1.82) is 0 Å². The van der Waals surface area contributed by atoms with Gasteiger partial charge < -0.3 is 54.9 Å². The molecule has 3 heterocycles. The summed E-state index contributed by atoms with van der Waals surface area (Å²) in [6, 6.07) is 14.3. The molecule has 73 heavy (non-hydrogen) atoms. The number of cyclic esters (lactones) is 6. The molecule has 0 spiro atoms. The number of rotatable bonds is 12. The molecule has 3 aliphatic rings. The number of carboxylic acids is 2. The molecular formula is C38H37Cl2N7Na2O24. The minimum Gasteiger partial charge on any atom is -0.872 e. The van der Waals surface area contributed by atoms with E-state index >= 15 is 0 Å². The van der Waals surface area contributed by atoms with E-state index in [1.165, 1.54) is 60.7 Å². The third-order valence-electron chi connectivity index (χ3n) is 7.89. The van der Waals surface area contributed by atoms with E-state index in [1.54, 1.807) is 0 Å². The second kappa shape index (κ2) is 37.9. The molecule has 3 aromatic carbocycles. The van der Waals surface area contributed by atoms with Crippen LogP contribution >= 0.6 is 24.2 Å². The summed E-state index contributed by atoms with van der Waals surface area (Å²) in [6.07, 6.45) is -2.11. The number of non-ortho nitro benzene ring substituents is 3. The van der Waals surface area contributed by atoms with E-state index in [1.807, 2.05) is 0 Å². The topological polar surface area (TPSA) is 479 Å². The number of benzene rings is 3. The van der Waals surface area contributed by atoms with Crippen LogP contribution in [0.25, 0.3) is 0 Å². The molecule has 0 unspecified atom stereocenters. The molecule has 3 aromatic rings. The molecule has 0 aromatic heterocycles. The maximum absolute atomic E-state index is 11.0. The van der Waals surface area contributed by atoms with Crippen molar-refractivity contribution in [1.82, 2.24) is 0 Å². The Morgan fingerprint density at radius 3 is 1.27 bits per heavy atom. The quantitative estimate of drug-likeness (QED) is 0.0254. The first-order chi connectivity index (χ1) is 32.9. The Kier molecular flexibility index (Phi) is 36.5. The molecule has 0 saturated carbocycles. The number of esters is 6. The van der Waals surface area contributed by atoms with Crippen molar-refractivity contribution < 1.29 is 151 Å². The van der Waals surface area contributed by atoms with Gasteiger partial charge in [0.15, 0.2) is 0 Å². The Bertz CT molecular complexity index is 2320. The van der Waals surface area contributed by atoms with Gasteiger partial charge >= 0.3 is 107 Å². The SMILES string of the molecule is Cl.NC1CC(=O)OC(=O)C1.O=C(O)CC(CC(=O)O)Oc1ccc([N+](=O)[O-])cc1.O=C1CC(N=NCl)CC(=O)O1.O=C1CC(Oc2ccc([N+](=O)[O-])cc2)CC(=O)O1.O=N[O-].O=[N+]([O-])c1ccc([O-])cc1.[Na+].[Na+]. The van der Waals surface area contributed by atoms with Crippen LogP contribution in [-0.4, -0.2) is 97.0 Å². The van der Waals surface area contributed by atoms with Gasteiger partial charge in [-0.3, -0.25) is 68.7 Å². The number of carbonyl (C=O) groups excluding carboxylic acids is 6. The molecule has 3 fully saturated rings. The van der Waals surface area contributed by atoms with Crippen molar-refractivity contribution in [2.24, 2.45) is 20.8 Å². The number of carboxylic acid groups (broad SMARTS) is 2. The van der Waals surface area contributed by atoms with Crippen molar-refractivity contribution in [2.75, 3.05) is 0 Å². The minimum absolute atomic E-state index is 0. The maximum atomic E-state index is 11.0. The van der Waals surface area contributed by atoms with Gasteiger partial charge in [0.2, 0.25) is 0 Å². The molecule has 384 valence electrons. The second-order valence-electron chi connectivity index (χ2n) is 13.4. The molecule has 0 atom stereocenters. The number of aliphatic carboxylic acids is 2. The van der Waals surface area contributed by atoms with Gasteiger partial charge in [-0.05, 0) is 24.3 Å². The summed E-state index contributed by atoms with van der Waals surface area (Å²) in [4.78, 5) is 122. The zero-order chi connectivity index (χ0) is 52.9. The molecule has 31 nitrogen and oxygen atoms in total. The number of hydrogen-bond acceptors (Lipinski definition) is 26. The van der Waals surface area contributed by atoms with E-state index in [-0.39, 0.29) is 145 Å². The number of nitro benzene ring substituents is 3. The molecule has 0 bridgehead atoms. The average Bonchev–Trinajstić information content (AvgIpc) is 3.24. The molecular weight excluding hydrogens is 1060 g/mol. The molecule has 0 aliphatic carbocycles. The van der Waals surface area contributed by atoms with Crippen LogP contribution in [0.2, 0.25) is 0 Å². The van der Waals surface area contributed by atoms with Crippen LogP contribution in [-0.2, 0) is 52.6 Å². The number of halogens is 2. The minimum atomic E-state index is -1.19. The van der Waals surface area contributed by atoms with E-state index in [9.17, 15) is 73.8 Å². The van der Waals surface area contributed by atoms with Crippen LogP contribution in [0.1, 0.15) is 51.4 Å². The molecule has 0 radical (unpaired) electrons. The van der Waals surface area contributed by atoms with Gasteiger partial charge in [-0.1, -0.05) is 16.8 Å². The predicted octanol–water partition coefficient (Wildman–Crippen LogP) is -2.15. The fraction of sp³-hybridized carbons (Fsp3) is 0.316. The Labute approximate surface area is 464 Å². The summed E-state index contributed by atoms with van der Waals surface area (Å²) in [5.74, 6) is -5.47. The third-order valence-corrected chi connectivity index (χ3v) is 7.98. The Morgan fingerprint density at radius 2 is 0.959 bits per heavy atom. The fourth-order valence-electron chi connectivity index (χ4n) is 5.05. The zero-order valence-corrected chi connectivity index (χ0v) is 43.4. The summed E-state index contributed by atoms with van der Waals surface area (Å²) in [6.45, 7) is 0. The van der Waals surface area contributed by atoms with Crippen molar-refractivity contribution in [3.63, 3.8) is 0 Å². The van der Waals surface area contributed by atoms with Gasteiger partial charge in [-0.15, -0.1) is 23.5 Å². The van der Waals surface area contributed by atoms with Gasteiger partial charge in [0.1, 0.15) is 23.7 Å². The smallest absolute Gasteiger partial charge is 0.872 e. The van der Waals surface area contributed by atoms with Crippen LogP contribution < -0.4 is 79.4 Å². The van der Waals surface area contributed by atoms with Crippen molar-refractivity contribution in [2.45, 2.75) is 75.7 Å². The Morgan fingerprint density at radius 1 is 0.644 bits per heavy atom. The van der Waals surface area contributed by atoms with E-state index in [0.717, 1.165) is 17.5 Å². The zero-order valence-electron chi connectivity index (χ0n) is 37.8. The van der Waals surface area contributed by atoms with Crippen LogP contribution in [0.3, 0.4) is 0 Å². The van der Waals surface area contributed by atoms with Crippen LogP contribution in [0.5, 0.6) is 17.2 Å². The summed E-state index contributed by atoms with van der Waals surface area (Å²) in [7, 11) is 0. The summed E-state index contributed by atoms with van der Waals surface area (Å²) < 4.78 is 26.3. The summed E-state index contributed by atoms with van der Waals surface area (Å²) in [5.41, 5.74) is 5.05. The molecule has 0 amide bonds. The van der Waals surface area contributed by atoms with Gasteiger partial charge in [-0.25, -0.2) is 0 Å². The largest absolute Gasteiger partial charge is 1.00 e. The predicted molar refractivity (Wildman–Crippen MR) is 232 cm³/mol. The van der Waals surface area contributed by atoms with Gasteiger partial charge in [-0.2, -0.15) is 5.11 Å². The van der Waals surface area contributed by atoms with Crippen molar-refractivity contribution >= 4 is 89.0 Å². The van der Waals surface area contributed by atoms with E-state index in [2.05, 4.69) is 24.0 Å². The van der Waals surface area contributed by atoms with E-state index in [4.69, 9.17) is 47.3 Å². The Balaban J connectivity index is -0.000000842. The van der Waals surface area contributed by atoms with E-state index in [0.29, 0.717) is 5.75 Å². The maximum Gasteiger partial charge on any atom is 1.00 e. The first kappa shape index (κ1) is 70.4. The van der Waals surface area contributed by atoms with Crippen molar-refractivity contribution in [3.8, 4) is 17.2 Å². The first-order valence-electron chi connectivity index (χ1n) is 19.0. The standard InChI is InChI=1S/C11H11NO7.C11H9NO6.C6H5NO3.C5H5ClN2O3.C5H7NO3.ClH.HNO2.2Na/c13-10(14)5-9(6-11(15)16)19-8-3-1-7(2-4-8)12(17)18;13-10-5-9(6-11(14)18-10)17-8-3-1-7(2-4-8)12(15)16;8-6-3-1-5(2-4-6)7(9)10;6-8-7-3-1-4(9)11-5(10)2-3;6-3-1-4(7)9-5(8)2-3;;2-1-3;;/h1-4,9H,5-6H2,(H,13,14)(H,15,16);1-4,9H,5-6H2;1-4,8H;3H,1-2H2;3H,1-2,6H2;1H;(H,2,3);;/q;;;;;;;2*+1/p-2. The average molecular weight is 1090 g/mol. The van der Waals surface area contributed by atoms with E-state index < -0.39 is 93.6 Å². The van der Waals surface area contributed by atoms with Gasteiger partial charge in [0.05, 0.1) is 84.0 Å². The number of carbonyl (C=O) groups is 8. The first-order valence-corrected chi connectivity index (χ1v) is 19.4. The summed E-state index contributed by atoms with van der Waals surface area (Å²) >= 11 is 4.93. The van der Waals surface area contributed by atoms with Crippen molar-refractivity contribution in [3.05, 3.63) is 113 Å². The molecule has 3 saturated heterocycles. The molecule has 35 heteroatoms. The molecule has 6 rings (SSSR count). The number of nitrogens with zero attached hydrogens (tertiary/aromatic N) is 6. The van der Waals surface area contributed by atoms with Crippen LogP contribution in [0.15, 0.2) is 87.9 Å². The number of hydrogen-bond donors (Lipinski definition) is 3. The monoisotopic (exact) mass is 1090 g/mol. The Hall–Kier alpha value is -6.84. The van der Waals surface area contributed by atoms with Crippen LogP contribution in [0, 0.1) is 40.5 Å².